The van der Waals surface area contributed by atoms with E-state index in [0.29, 0.717) is 6.04 Å². The summed E-state index contributed by atoms with van der Waals surface area (Å²) in [6.45, 7) is 15.3. The lowest BCUT2D eigenvalue weighted by molar-refractivity contribution is 0.0890. The first-order chi connectivity index (χ1) is 9.84. The minimum Gasteiger partial charge on any atom is -0.493 e. The number of hydrogen-bond donors (Lipinski definition) is 1. The summed E-state index contributed by atoms with van der Waals surface area (Å²) in [5.41, 5.74) is 1.07. The van der Waals surface area contributed by atoms with E-state index in [9.17, 15) is 0 Å². The summed E-state index contributed by atoms with van der Waals surface area (Å²) < 4.78 is 7.62. The molecule has 0 spiro atoms. The molecule has 122 valence electrons. The van der Waals surface area contributed by atoms with E-state index in [1.807, 2.05) is 13.2 Å². The van der Waals surface area contributed by atoms with E-state index < -0.39 is 0 Å². The zero-order chi connectivity index (χ0) is 16.2. The van der Waals surface area contributed by atoms with Gasteiger partial charge in [-0.3, -0.25) is 9.58 Å². The molecule has 0 amide bonds. The minimum absolute atomic E-state index is 0.0434. The van der Waals surface area contributed by atoms with E-state index in [2.05, 4.69) is 61.5 Å². The summed E-state index contributed by atoms with van der Waals surface area (Å²) in [5.74, 6) is 0.850. The maximum atomic E-state index is 5.56. The van der Waals surface area contributed by atoms with E-state index in [1.54, 1.807) is 7.11 Å². The molecule has 1 heterocycles. The highest BCUT2D eigenvalue weighted by atomic mass is 16.5. The van der Waals surface area contributed by atoms with Crippen molar-refractivity contribution in [2.75, 3.05) is 27.2 Å². The molecule has 1 aromatic rings. The number of likely N-dealkylation sites (N-methyl/N-ethyl adjacent to an activating group) is 2. The van der Waals surface area contributed by atoms with Gasteiger partial charge in [-0.25, -0.2) is 0 Å². The molecule has 1 rings (SSSR count). The predicted octanol–water partition coefficient (Wildman–Crippen LogP) is 2.85. The fraction of sp³-hybridized carbons (Fsp3) is 0.812. The number of nitrogens with one attached hydrogen (secondary N) is 1. The number of ether oxygens (including phenoxy) is 1. The minimum atomic E-state index is -0.0434. The van der Waals surface area contributed by atoms with Gasteiger partial charge in [0, 0.05) is 11.6 Å². The van der Waals surface area contributed by atoms with E-state index in [4.69, 9.17) is 4.74 Å². The summed E-state index contributed by atoms with van der Waals surface area (Å²) in [4.78, 5) is 2.46. The van der Waals surface area contributed by atoms with Crippen LogP contribution in [0.3, 0.4) is 0 Å². The topological polar surface area (TPSA) is 42.3 Å². The van der Waals surface area contributed by atoms with Gasteiger partial charge in [-0.15, -0.1) is 0 Å². The van der Waals surface area contributed by atoms with Crippen molar-refractivity contribution in [3.05, 3.63) is 11.9 Å². The van der Waals surface area contributed by atoms with E-state index in [0.717, 1.165) is 24.5 Å². The molecule has 0 aromatic carbocycles. The van der Waals surface area contributed by atoms with Crippen LogP contribution in [0.1, 0.15) is 59.3 Å². The average molecular weight is 296 g/mol. The van der Waals surface area contributed by atoms with E-state index in [1.165, 1.54) is 0 Å². The molecule has 0 bridgehead atoms. The van der Waals surface area contributed by atoms with Gasteiger partial charge in [0.25, 0.3) is 0 Å². The fourth-order valence-corrected chi connectivity index (χ4v) is 3.24. The number of methoxy groups -OCH3 is 1. The third-order valence-corrected chi connectivity index (χ3v) is 4.35. The summed E-state index contributed by atoms with van der Waals surface area (Å²) in [7, 11) is 3.72. The second-order valence-corrected chi connectivity index (χ2v) is 6.18. The van der Waals surface area contributed by atoms with Crippen molar-refractivity contribution in [2.24, 2.45) is 0 Å². The van der Waals surface area contributed by atoms with Gasteiger partial charge in [0.1, 0.15) is 0 Å². The van der Waals surface area contributed by atoms with E-state index in [-0.39, 0.29) is 11.6 Å². The zero-order valence-electron chi connectivity index (χ0n) is 14.9. The smallest absolute Gasteiger partial charge is 0.161 e. The van der Waals surface area contributed by atoms with Crippen LogP contribution in [-0.2, 0) is 0 Å². The molecule has 0 radical (unpaired) electrons. The lowest BCUT2D eigenvalue weighted by atomic mass is 9.89. The van der Waals surface area contributed by atoms with Crippen LogP contribution in [0.15, 0.2) is 6.20 Å². The Morgan fingerprint density at radius 2 is 1.90 bits per heavy atom. The highest BCUT2D eigenvalue weighted by Gasteiger charge is 2.38. The second kappa shape index (κ2) is 7.27. The third-order valence-electron chi connectivity index (χ3n) is 4.35. The van der Waals surface area contributed by atoms with Crippen LogP contribution in [0.5, 0.6) is 5.75 Å². The lowest BCUT2D eigenvalue weighted by Crippen LogP contribution is -2.52. The van der Waals surface area contributed by atoms with Crippen LogP contribution >= 0.6 is 0 Å². The Bertz CT molecular complexity index is 435. The molecule has 0 saturated carbocycles. The Morgan fingerprint density at radius 3 is 2.29 bits per heavy atom. The molecule has 21 heavy (non-hydrogen) atoms. The first-order valence-electron chi connectivity index (χ1n) is 7.88. The predicted molar refractivity (Wildman–Crippen MR) is 88.0 cm³/mol. The molecule has 1 N–H and O–H groups in total. The van der Waals surface area contributed by atoms with Crippen molar-refractivity contribution in [3.63, 3.8) is 0 Å². The summed E-state index contributed by atoms with van der Waals surface area (Å²) in [5, 5.41) is 7.99. The molecule has 1 atom stereocenters. The highest BCUT2D eigenvalue weighted by Crippen LogP contribution is 2.36. The van der Waals surface area contributed by atoms with Crippen LogP contribution in [0.25, 0.3) is 0 Å². The molecule has 0 saturated heterocycles. The van der Waals surface area contributed by atoms with Gasteiger partial charge in [0.2, 0.25) is 0 Å². The van der Waals surface area contributed by atoms with Gasteiger partial charge in [-0.2, -0.15) is 5.10 Å². The van der Waals surface area contributed by atoms with Crippen LogP contribution in [0.4, 0.5) is 0 Å². The summed E-state index contributed by atoms with van der Waals surface area (Å²) in [6, 6.07) is 0.435. The van der Waals surface area contributed by atoms with Gasteiger partial charge in [-0.05, 0) is 47.8 Å². The second-order valence-electron chi connectivity index (χ2n) is 6.18. The standard InChI is InChI=1S/C16H32N4O/c1-9-19(10-2)16(5,6)15(17-7)14-13(21-8)11-18-20(14)12(3)4/h11-12,15,17H,9-10H2,1-8H3. The maximum absolute atomic E-state index is 5.56. The molecule has 0 aliphatic rings. The molecular formula is C16H32N4O. The number of nitrogens with zero attached hydrogens (tertiary/aromatic N) is 3. The molecule has 0 aliphatic carbocycles. The van der Waals surface area contributed by atoms with Crippen molar-refractivity contribution < 1.29 is 4.74 Å². The van der Waals surface area contributed by atoms with Gasteiger partial charge < -0.3 is 10.1 Å². The van der Waals surface area contributed by atoms with Gasteiger partial charge in [0.15, 0.2) is 5.75 Å². The molecule has 5 heteroatoms. The SMILES string of the molecule is CCN(CC)C(C)(C)C(NC)c1c(OC)cnn1C(C)C. The molecule has 0 fully saturated rings. The first-order valence-corrected chi connectivity index (χ1v) is 7.88. The van der Waals surface area contributed by atoms with Crippen molar-refractivity contribution >= 4 is 0 Å². The van der Waals surface area contributed by atoms with Crippen molar-refractivity contribution in [3.8, 4) is 5.75 Å². The largest absolute Gasteiger partial charge is 0.493 e. The fourth-order valence-electron chi connectivity index (χ4n) is 3.24. The summed E-state index contributed by atoms with van der Waals surface area (Å²) >= 11 is 0. The van der Waals surface area contributed by atoms with Crippen molar-refractivity contribution in [1.82, 2.24) is 20.0 Å². The molecule has 1 unspecified atom stereocenters. The van der Waals surface area contributed by atoms with Crippen LogP contribution < -0.4 is 10.1 Å². The van der Waals surface area contributed by atoms with Crippen LogP contribution in [-0.4, -0.2) is 47.5 Å². The Balaban J connectivity index is 3.35. The number of aromatic nitrogens is 2. The number of hydrogen-bond acceptors (Lipinski definition) is 4. The third kappa shape index (κ3) is 3.40. The highest BCUT2D eigenvalue weighted by molar-refractivity contribution is 5.31. The van der Waals surface area contributed by atoms with Crippen molar-refractivity contribution in [1.29, 1.82) is 0 Å². The quantitative estimate of drug-likeness (QED) is 0.801. The van der Waals surface area contributed by atoms with E-state index >= 15 is 0 Å². The van der Waals surface area contributed by atoms with Gasteiger partial charge in [0.05, 0.1) is 25.0 Å². The Hall–Kier alpha value is -1.07. The molecular weight excluding hydrogens is 264 g/mol. The molecule has 5 nitrogen and oxygen atoms in total. The molecule has 0 aliphatic heterocycles. The monoisotopic (exact) mass is 296 g/mol. The van der Waals surface area contributed by atoms with Crippen LogP contribution in [0, 0.1) is 0 Å². The average Bonchev–Trinajstić information content (AvgIpc) is 2.84. The van der Waals surface area contributed by atoms with Crippen LogP contribution in [0.2, 0.25) is 0 Å². The van der Waals surface area contributed by atoms with Gasteiger partial charge >= 0.3 is 0 Å². The Kier molecular flexibility index (Phi) is 6.23. The first kappa shape index (κ1) is 18.0. The normalized spacial score (nSPS) is 14.0. The zero-order valence-corrected chi connectivity index (χ0v) is 14.9. The summed E-state index contributed by atoms with van der Waals surface area (Å²) in [6.07, 6.45) is 1.82. The Labute approximate surface area is 129 Å². The number of rotatable bonds is 8. The maximum Gasteiger partial charge on any atom is 0.161 e. The molecule has 1 aromatic heterocycles. The van der Waals surface area contributed by atoms with Gasteiger partial charge in [-0.1, -0.05) is 13.8 Å². The van der Waals surface area contributed by atoms with Crippen molar-refractivity contribution in [2.45, 2.75) is 59.2 Å². The lowest BCUT2D eigenvalue weighted by Gasteiger charge is -2.43. The Morgan fingerprint density at radius 1 is 1.33 bits per heavy atom.